The Morgan fingerprint density at radius 3 is 2.95 bits per heavy atom. The molecule has 2 rings (SSSR count). The largest absolute Gasteiger partial charge is 0.481 e. The molecule has 2 N–H and O–H groups in total. The molecule has 108 valence electrons. The fourth-order valence-electron chi connectivity index (χ4n) is 1.58. The second-order valence-electron chi connectivity index (χ2n) is 3.97. The quantitative estimate of drug-likeness (QED) is 0.511. The minimum atomic E-state index is -0.466. The van der Waals surface area contributed by atoms with Crippen LogP contribution < -0.4 is 10.5 Å². The van der Waals surface area contributed by atoms with Crippen LogP contribution in [-0.2, 0) is 6.61 Å². The van der Waals surface area contributed by atoms with Gasteiger partial charge in [-0.2, -0.15) is 0 Å². The Labute approximate surface area is 134 Å². The summed E-state index contributed by atoms with van der Waals surface area (Å²) in [6.07, 6.45) is 0. The predicted octanol–water partition coefficient (Wildman–Crippen LogP) is 3.31. The van der Waals surface area contributed by atoms with Gasteiger partial charge in [0.1, 0.15) is 6.61 Å². The van der Waals surface area contributed by atoms with Crippen LogP contribution in [0.25, 0.3) is 0 Å². The maximum Gasteiger partial charge on any atom is 0.312 e. The molecule has 0 radical (unpaired) electrons. The predicted molar refractivity (Wildman–Crippen MR) is 85.4 cm³/mol. The topological polar surface area (TPSA) is 78.4 Å². The van der Waals surface area contributed by atoms with Crippen molar-refractivity contribution in [3.8, 4) is 17.6 Å². The molecule has 21 heavy (non-hydrogen) atoms. The number of halogens is 1. The second kappa shape index (κ2) is 7.22. The van der Waals surface area contributed by atoms with Gasteiger partial charge < -0.3 is 10.5 Å². The van der Waals surface area contributed by atoms with E-state index >= 15 is 0 Å². The molecule has 1 aromatic carbocycles. The number of ether oxygens (including phenoxy) is 1. The van der Waals surface area contributed by atoms with Gasteiger partial charge in [0.25, 0.3) is 0 Å². The summed E-state index contributed by atoms with van der Waals surface area (Å²) in [6, 6.07) is 6.58. The molecule has 0 atom stereocenters. The molecule has 1 aromatic heterocycles. The lowest BCUT2D eigenvalue weighted by atomic mass is 10.3. The van der Waals surface area contributed by atoms with Gasteiger partial charge in [0.05, 0.1) is 11.5 Å². The van der Waals surface area contributed by atoms with E-state index in [1.807, 2.05) is 11.4 Å². The number of thiophene rings is 1. The molecule has 1 heterocycles. The Morgan fingerprint density at radius 1 is 1.43 bits per heavy atom. The summed E-state index contributed by atoms with van der Waals surface area (Å²) in [4.78, 5) is 11.5. The highest BCUT2D eigenvalue weighted by Crippen LogP contribution is 2.31. The van der Waals surface area contributed by atoms with Crippen molar-refractivity contribution in [1.29, 1.82) is 0 Å². The molecule has 7 heteroatoms. The van der Waals surface area contributed by atoms with E-state index in [1.54, 1.807) is 12.1 Å². The summed E-state index contributed by atoms with van der Waals surface area (Å²) in [5, 5.41) is 12.9. The first-order chi connectivity index (χ1) is 10.1. The first kappa shape index (κ1) is 15.5. The van der Waals surface area contributed by atoms with Crippen molar-refractivity contribution in [2.45, 2.75) is 6.61 Å². The minimum absolute atomic E-state index is 0.0657. The molecule has 0 aliphatic heterocycles. The van der Waals surface area contributed by atoms with Crippen LogP contribution in [0.1, 0.15) is 10.4 Å². The van der Waals surface area contributed by atoms with Crippen molar-refractivity contribution < 1.29 is 9.66 Å². The van der Waals surface area contributed by atoms with Gasteiger partial charge in [0.15, 0.2) is 5.75 Å². The number of nitrogens with zero attached hydrogens (tertiary/aromatic N) is 1. The van der Waals surface area contributed by atoms with Gasteiger partial charge in [0, 0.05) is 26.4 Å². The third-order valence-electron chi connectivity index (χ3n) is 2.48. The molecule has 0 spiro atoms. The average molecular weight is 367 g/mol. The van der Waals surface area contributed by atoms with Gasteiger partial charge in [0.2, 0.25) is 0 Å². The molecular weight excluding hydrogens is 356 g/mol. The number of nitro groups is 1. The van der Waals surface area contributed by atoms with E-state index in [9.17, 15) is 10.1 Å². The molecule has 0 aliphatic rings. The standard InChI is InChI=1S/C14H11BrN2O3S/c15-11-3-4-14(13(7-11)17(18)19)20-8-12-6-10(9-21-12)2-1-5-16/h3-4,6-7,9H,5,8,16H2. The smallest absolute Gasteiger partial charge is 0.312 e. The summed E-state index contributed by atoms with van der Waals surface area (Å²) in [5.41, 5.74) is 6.12. The van der Waals surface area contributed by atoms with Crippen LogP contribution in [0.5, 0.6) is 5.75 Å². The van der Waals surface area contributed by atoms with Crippen molar-refractivity contribution in [2.75, 3.05) is 6.54 Å². The van der Waals surface area contributed by atoms with E-state index in [-0.39, 0.29) is 18.0 Å². The molecule has 0 unspecified atom stereocenters. The summed E-state index contributed by atoms with van der Waals surface area (Å²) >= 11 is 4.69. The van der Waals surface area contributed by atoms with Crippen LogP contribution in [0.3, 0.4) is 0 Å². The van der Waals surface area contributed by atoms with Gasteiger partial charge in [-0.25, -0.2) is 0 Å². The van der Waals surface area contributed by atoms with E-state index in [0.29, 0.717) is 11.0 Å². The van der Waals surface area contributed by atoms with Crippen LogP contribution in [0.4, 0.5) is 5.69 Å². The van der Waals surface area contributed by atoms with Crippen LogP contribution >= 0.6 is 27.3 Å². The zero-order chi connectivity index (χ0) is 15.2. The molecule has 0 fully saturated rings. The van der Waals surface area contributed by atoms with Crippen molar-refractivity contribution >= 4 is 33.0 Å². The number of rotatable bonds is 4. The first-order valence-corrected chi connectivity index (χ1v) is 7.60. The molecule has 5 nitrogen and oxygen atoms in total. The van der Waals surface area contributed by atoms with Crippen LogP contribution in [0, 0.1) is 22.0 Å². The molecular formula is C14H11BrN2O3S. The number of nitro benzene ring substituents is 1. The lowest BCUT2D eigenvalue weighted by Crippen LogP contribution is -1.97. The lowest BCUT2D eigenvalue weighted by molar-refractivity contribution is -0.386. The van der Waals surface area contributed by atoms with Gasteiger partial charge in [-0.1, -0.05) is 27.8 Å². The van der Waals surface area contributed by atoms with Gasteiger partial charge in [-0.15, -0.1) is 11.3 Å². The van der Waals surface area contributed by atoms with Crippen LogP contribution in [0.15, 0.2) is 34.1 Å². The summed E-state index contributed by atoms with van der Waals surface area (Å²) in [6.45, 7) is 0.574. The summed E-state index contributed by atoms with van der Waals surface area (Å²) in [7, 11) is 0. The number of hydrogen-bond acceptors (Lipinski definition) is 5. The molecule has 0 bridgehead atoms. The number of nitrogens with two attached hydrogens (primary N) is 1. The first-order valence-electron chi connectivity index (χ1n) is 5.93. The highest BCUT2D eigenvalue weighted by atomic mass is 79.9. The molecule has 2 aromatic rings. The normalized spacial score (nSPS) is 9.81. The third-order valence-corrected chi connectivity index (χ3v) is 3.88. The number of hydrogen-bond donors (Lipinski definition) is 1. The van der Waals surface area contributed by atoms with Gasteiger partial charge >= 0.3 is 5.69 Å². The van der Waals surface area contributed by atoms with Crippen molar-refractivity contribution in [3.63, 3.8) is 0 Å². The molecule has 0 saturated carbocycles. The Hall–Kier alpha value is -1.88. The highest BCUT2D eigenvalue weighted by molar-refractivity contribution is 9.10. The van der Waals surface area contributed by atoms with Crippen molar-refractivity contribution in [2.24, 2.45) is 5.73 Å². The Balaban J connectivity index is 2.09. The van der Waals surface area contributed by atoms with Crippen molar-refractivity contribution in [1.82, 2.24) is 0 Å². The Morgan fingerprint density at radius 2 is 2.24 bits per heavy atom. The summed E-state index contributed by atoms with van der Waals surface area (Å²) < 4.78 is 6.17. The van der Waals surface area contributed by atoms with E-state index in [1.165, 1.54) is 17.4 Å². The SMILES string of the molecule is NCC#Cc1csc(COc2ccc(Br)cc2[N+](=O)[O-])c1. The fraction of sp³-hybridized carbons (Fsp3) is 0.143. The van der Waals surface area contributed by atoms with Crippen molar-refractivity contribution in [3.05, 3.63) is 54.7 Å². The maximum atomic E-state index is 11.0. The van der Waals surface area contributed by atoms with Gasteiger partial charge in [-0.3, -0.25) is 10.1 Å². The van der Waals surface area contributed by atoms with E-state index in [0.717, 1.165) is 10.4 Å². The lowest BCUT2D eigenvalue weighted by Gasteiger charge is -2.05. The summed E-state index contributed by atoms with van der Waals surface area (Å²) in [5.74, 6) is 5.94. The molecule has 0 saturated heterocycles. The monoisotopic (exact) mass is 366 g/mol. The van der Waals surface area contributed by atoms with Crippen LogP contribution in [-0.4, -0.2) is 11.5 Å². The Kier molecular flexibility index (Phi) is 5.33. The Bertz CT molecular complexity index is 718. The van der Waals surface area contributed by atoms with E-state index in [2.05, 4.69) is 27.8 Å². The number of benzene rings is 1. The average Bonchev–Trinajstić information content (AvgIpc) is 2.91. The third kappa shape index (κ3) is 4.29. The maximum absolute atomic E-state index is 11.0. The molecule has 0 amide bonds. The zero-order valence-electron chi connectivity index (χ0n) is 10.8. The van der Waals surface area contributed by atoms with E-state index in [4.69, 9.17) is 10.5 Å². The molecule has 0 aliphatic carbocycles. The highest BCUT2D eigenvalue weighted by Gasteiger charge is 2.15. The fourth-order valence-corrected chi connectivity index (χ4v) is 2.66. The van der Waals surface area contributed by atoms with Gasteiger partial charge in [-0.05, 0) is 18.2 Å². The van der Waals surface area contributed by atoms with Crippen LogP contribution in [0.2, 0.25) is 0 Å². The second-order valence-corrected chi connectivity index (χ2v) is 5.88. The minimum Gasteiger partial charge on any atom is -0.481 e. The zero-order valence-corrected chi connectivity index (χ0v) is 13.2. The van der Waals surface area contributed by atoms with E-state index < -0.39 is 4.92 Å².